The monoisotopic (exact) mass is 398 g/mol. The van der Waals surface area contributed by atoms with Gasteiger partial charge in [-0.2, -0.15) is 0 Å². The van der Waals surface area contributed by atoms with Crippen LogP contribution >= 0.6 is 0 Å². The zero-order valence-electron chi connectivity index (χ0n) is 16.6. The maximum Gasteiger partial charge on any atom is 0.326 e. The van der Waals surface area contributed by atoms with Crippen molar-refractivity contribution < 1.29 is 24.2 Å². The summed E-state index contributed by atoms with van der Waals surface area (Å²) in [6.07, 6.45) is 0.0416. The highest BCUT2D eigenvalue weighted by Crippen LogP contribution is 2.13. The fourth-order valence-electron chi connectivity index (χ4n) is 2.83. The second kappa shape index (κ2) is 10.8. The lowest BCUT2D eigenvalue weighted by Crippen LogP contribution is -2.42. The van der Waals surface area contributed by atoms with Gasteiger partial charge in [0.25, 0.3) is 0 Å². The molecular formula is C22H26N2O5. The SMILES string of the molecule is COc1ccc(C[C@H](NC(=O)CCC(=O)N[C@H](C)c2ccccc2)C(=O)O)cc1. The molecule has 0 aromatic heterocycles. The topological polar surface area (TPSA) is 105 Å². The largest absolute Gasteiger partial charge is 0.497 e. The maximum absolute atomic E-state index is 12.1. The Labute approximate surface area is 170 Å². The Balaban J connectivity index is 1.81. The van der Waals surface area contributed by atoms with E-state index in [-0.39, 0.29) is 31.2 Å². The van der Waals surface area contributed by atoms with Crippen LogP contribution < -0.4 is 15.4 Å². The number of carboxylic acids is 1. The first-order valence-electron chi connectivity index (χ1n) is 9.38. The van der Waals surface area contributed by atoms with Gasteiger partial charge in [0.2, 0.25) is 11.8 Å². The summed E-state index contributed by atoms with van der Waals surface area (Å²) in [5.74, 6) is -1.20. The van der Waals surface area contributed by atoms with Crippen molar-refractivity contribution in [2.75, 3.05) is 7.11 Å². The summed E-state index contributed by atoms with van der Waals surface area (Å²) in [6.45, 7) is 1.86. The van der Waals surface area contributed by atoms with Crippen molar-refractivity contribution in [2.45, 2.75) is 38.3 Å². The van der Waals surface area contributed by atoms with E-state index in [1.54, 1.807) is 31.4 Å². The third kappa shape index (κ3) is 7.29. The molecule has 2 atom stereocenters. The molecule has 7 nitrogen and oxygen atoms in total. The highest BCUT2D eigenvalue weighted by atomic mass is 16.5. The van der Waals surface area contributed by atoms with E-state index in [0.29, 0.717) is 5.75 Å². The number of benzene rings is 2. The van der Waals surface area contributed by atoms with Crippen molar-refractivity contribution in [2.24, 2.45) is 0 Å². The molecule has 0 aliphatic carbocycles. The predicted molar refractivity (Wildman–Crippen MR) is 108 cm³/mol. The number of ether oxygens (including phenoxy) is 1. The van der Waals surface area contributed by atoms with Crippen LogP contribution in [0.3, 0.4) is 0 Å². The zero-order valence-corrected chi connectivity index (χ0v) is 16.6. The summed E-state index contributed by atoms with van der Waals surface area (Å²) < 4.78 is 5.07. The third-order valence-corrected chi connectivity index (χ3v) is 4.49. The molecule has 2 aromatic rings. The number of carbonyl (C=O) groups excluding carboxylic acids is 2. The van der Waals surface area contributed by atoms with Crippen LogP contribution in [0, 0.1) is 0 Å². The molecule has 154 valence electrons. The molecular weight excluding hydrogens is 372 g/mol. The van der Waals surface area contributed by atoms with Crippen LogP contribution in [-0.4, -0.2) is 36.0 Å². The van der Waals surface area contributed by atoms with Crippen LogP contribution in [-0.2, 0) is 20.8 Å². The van der Waals surface area contributed by atoms with Gasteiger partial charge >= 0.3 is 5.97 Å². The number of rotatable bonds is 10. The fraction of sp³-hybridized carbons (Fsp3) is 0.318. The van der Waals surface area contributed by atoms with Gasteiger partial charge in [-0.3, -0.25) is 9.59 Å². The van der Waals surface area contributed by atoms with Gasteiger partial charge in [-0.1, -0.05) is 42.5 Å². The van der Waals surface area contributed by atoms with Gasteiger partial charge in [-0.25, -0.2) is 4.79 Å². The second-order valence-corrected chi connectivity index (χ2v) is 6.71. The molecule has 2 rings (SSSR count). The van der Waals surface area contributed by atoms with Crippen LogP contribution in [0.1, 0.15) is 36.9 Å². The molecule has 2 amide bonds. The lowest BCUT2D eigenvalue weighted by atomic mass is 10.1. The van der Waals surface area contributed by atoms with Crippen LogP contribution in [0.2, 0.25) is 0 Å². The molecule has 0 aliphatic rings. The van der Waals surface area contributed by atoms with E-state index in [1.807, 2.05) is 37.3 Å². The summed E-state index contributed by atoms with van der Waals surface area (Å²) in [7, 11) is 1.55. The van der Waals surface area contributed by atoms with Crippen molar-refractivity contribution in [1.82, 2.24) is 10.6 Å². The van der Waals surface area contributed by atoms with E-state index in [9.17, 15) is 19.5 Å². The summed E-state index contributed by atoms with van der Waals surface area (Å²) in [5, 5.41) is 14.7. The molecule has 0 spiro atoms. The Morgan fingerprint density at radius 2 is 1.52 bits per heavy atom. The number of amides is 2. The van der Waals surface area contributed by atoms with Gasteiger partial charge < -0.3 is 20.5 Å². The summed E-state index contributed by atoms with van der Waals surface area (Å²) >= 11 is 0. The summed E-state index contributed by atoms with van der Waals surface area (Å²) in [6, 6.07) is 15.2. The average Bonchev–Trinajstić information content (AvgIpc) is 2.72. The fourth-order valence-corrected chi connectivity index (χ4v) is 2.83. The lowest BCUT2D eigenvalue weighted by Gasteiger charge is -2.16. The van der Waals surface area contributed by atoms with Crippen molar-refractivity contribution in [3.8, 4) is 5.75 Å². The Bertz CT molecular complexity index is 821. The molecule has 7 heteroatoms. The van der Waals surface area contributed by atoms with Crippen LogP contribution in [0.15, 0.2) is 54.6 Å². The average molecular weight is 398 g/mol. The molecule has 0 saturated carbocycles. The molecule has 0 heterocycles. The Kier molecular flexibility index (Phi) is 8.21. The number of aliphatic carboxylic acids is 1. The molecule has 0 fully saturated rings. The minimum atomic E-state index is -1.13. The van der Waals surface area contributed by atoms with E-state index in [2.05, 4.69) is 10.6 Å². The van der Waals surface area contributed by atoms with Gasteiger partial charge in [-0.15, -0.1) is 0 Å². The number of hydrogen-bond acceptors (Lipinski definition) is 4. The maximum atomic E-state index is 12.1. The van der Waals surface area contributed by atoms with E-state index < -0.39 is 17.9 Å². The molecule has 3 N–H and O–H groups in total. The van der Waals surface area contributed by atoms with Gasteiger partial charge in [-0.05, 0) is 30.2 Å². The Hall–Kier alpha value is -3.35. The van der Waals surface area contributed by atoms with Crippen LogP contribution in [0.4, 0.5) is 0 Å². The number of hydrogen-bond donors (Lipinski definition) is 3. The number of nitrogens with one attached hydrogen (secondary N) is 2. The van der Waals surface area contributed by atoms with Crippen molar-refractivity contribution >= 4 is 17.8 Å². The van der Waals surface area contributed by atoms with Crippen molar-refractivity contribution in [1.29, 1.82) is 0 Å². The third-order valence-electron chi connectivity index (χ3n) is 4.49. The lowest BCUT2D eigenvalue weighted by molar-refractivity contribution is -0.141. The molecule has 0 saturated heterocycles. The molecule has 0 unspecified atom stereocenters. The highest BCUT2D eigenvalue weighted by Gasteiger charge is 2.21. The van der Waals surface area contributed by atoms with Gasteiger partial charge in [0.1, 0.15) is 11.8 Å². The Morgan fingerprint density at radius 1 is 0.931 bits per heavy atom. The molecule has 0 radical (unpaired) electrons. The molecule has 2 aromatic carbocycles. The second-order valence-electron chi connectivity index (χ2n) is 6.71. The van der Waals surface area contributed by atoms with Gasteiger partial charge in [0, 0.05) is 19.3 Å². The number of carboxylic acid groups (broad SMARTS) is 1. The van der Waals surface area contributed by atoms with Crippen LogP contribution in [0.25, 0.3) is 0 Å². The minimum absolute atomic E-state index is 0.0160. The first-order valence-corrected chi connectivity index (χ1v) is 9.38. The smallest absolute Gasteiger partial charge is 0.326 e. The summed E-state index contributed by atoms with van der Waals surface area (Å²) in [5.41, 5.74) is 1.73. The van der Waals surface area contributed by atoms with Gasteiger partial charge in [0.15, 0.2) is 0 Å². The van der Waals surface area contributed by atoms with E-state index >= 15 is 0 Å². The molecule has 29 heavy (non-hydrogen) atoms. The number of methoxy groups -OCH3 is 1. The van der Waals surface area contributed by atoms with Crippen LogP contribution in [0.5, 0.6) is 5.75 Å². The van der Waals surface area contributed by atoms with Gasteiger partial charge in [0.05, 0.1) is 13.2 Å². The van der Waals surface area contributed by atoms with Crippen molar-refractivity contribution in [3.63, 3.8) is 0 Å². The van der Waals surface area contributed by atoms with E-state index in [0.717, 1.165) is 11.1 Å². The quantitative estimate of drug-likeness (QED) is 0.570. The molecule has 0 aliphatic heterocycles. The van der Waals surface area contributed by atoms with E-state index in [4.69, 9.17) is 4.74 Å². The summed E-state index contributed by atoms with van der Waals surface area (Å²) in [4.78, 5) is 35.7. The van der Waals surface area contributed by atoms with Crippen molar-refractivity contribution in [3.05, 3.63) is 65.7 Å². The zero-order chi connectivity index (χ0) is 21.2. The van der Waals surface area contributed by atoms with E-state index in [1.165, 1.54) is 0 Å². The highest BCUT2D eigenvalue weighted by molar-refractivity contribution is 5.87. The standard InChI is InChI=1S/C22H26N2O5/c1-15(17-6-4-3-5-7-17)23-20(25)12-13-21(26)24-19(22(27)28)14-16-8-10-18(29-2)11-9-16/h3-11,15,19H,12-14H2,1-2H3,(H,23,25)(H,24,26)(H,27,28)/t15-,19+/m1/s1. The predicted octanol–water partition coefficient (Wildman–Crippen LogP) is 2.46. The number of carbonyl (C=O) groups is 3. The Morgan fingerprint density at radius 3 is 2.07 bits per heavy atom. The minimum Gasteiger partial charge on any atom is -0.497 e. The molecule has 0 bridgehead atoms. The first kappa shape index (κ1) is 21.9. The normalized spacial score (nSPS) is 12.5. The first-order chi connectivity index (χ1) is 13.9.